The number of ether oxygens (including phenoxy) is 1. The highest BCUT2D eigenvalue weighted by molar-refractivity contribution is 5.94. The number of methoxy groups -OCH3 is 1. The molecule has 6 nitrogen and oxygen atoms in total. The largest absolute Gasteiger partial charge is 0.495 e. The molecule has 0 aliphatic carbocycles. The van der Waals surface area contributed by atoms with Gasteiger partial charge in [0.15, 0.2) is 0 Å². The Labute approximate surface area is 105 Å². The van der Waals surface area contributed by atoms with Crippen molar-refractivity contribution in [3.63, 3.8) is 0 Å². The summed E-state index contributed by atoms with van der Waals surface area (Å²) in [6.07, 6.45) is 0.819. The van der Waals surface area contributed by atoms with E-state index in [2.05, 4.69) is 10.6 Å². The number of benzene rings is 1. The van der Waals surface area contributed by atoms with Gasteiger partial charge < -0.3 is 20.5 Å². The van der Waals surface area contributed by atoms with Crippen LogP contribution >= 0.6 is 0 Å². The third-order valence-electron chi connectivity index (χ3n) is 2.23. The number of nitrogens with one attached hydrogen (secondary N) is 2. The summed E-state index contributed by atoms with van der Waals surface area (Å²) in [7, 11) is 1.45. The average molecular weight is 252 g/mol. The predicted molar refractivity (Wildman–Crippen MR) is 67.3 cm³/mol. The van der Waals surface area contributed by atoms with Crippen LogP contribution in [0, 0.1) is 0 Å². The topological polar surface area (TPSA) is 87.7 Å². The van der Waals surface area contributed by atoms with Crippen LogP contribution in [-0.4, -0.2) is 30.8 Å². The van der Waals surface area contributed by atoms with Crippen LogP contribution in [-0.2, 0) is 0 Å². The highest BCUT2D eigenvalue weighted by atomic mass is 16.5. The van der Waals surface area contributed by atoms with Crippen molar-refractivity contribution < 1.29 is 19.4 Å². The number of amides is 2. The van der Waals surface area contributed by atoms with Crippen molar-refractivity contribution in [1.29, 1.82) is 0 Å². The molecule has 0 unspecified atom stereocenters. The number of rotatable bonds is 5. The summed E-state index contributed by atoms with van der Waals surface area (Å²) in [6, 6.07) is 3.87. The van der Waals surface area contributed by atoms with Crippen molar-refractivity contribution >= 4 is 17.7 Å². The third kappa shape index (κ3) is 3.65. The van der Waals surface area contributed by atoms with Crippen LogP contribution in [0.1, 0.15) is 23.7 Å². The number of anilines is 1. The Morgan fingerprint density at radius 3 is 2.67 bits per heavy atom. The smallest absolute Gasteiger partial charge is 0.335 e. The van der Waals surface area contributed by atoms with Crippen LogP contribution in [0.4, 0.5) is 10.5 Å². The minimum absolute atomic E-state index is 0.0848. The molecule has 0 aliphatic rings. The maximum Gasteiger partial charge on any atom is 0.335 e. The van der Waals surface area contributed by atoms with Crippen molar-refractivity contribution in [3.05, 3.63) is 23.8 Å². The van der Waals surface area contributed by atoms with Gasteiger partial charge in [-0.2, -0.15) is 0 Å². The molecule has 1 aromatic carbocycles. The number of urea groups is 1. The Morgan fingerprint density at radius 2 is 2.11 bits per heavy atom. The molecule has 18 heavy (non-hydrogen) atoms. The molecular formula is C12H16N2O4. The van der Waals surface area contributed by atoms with E-state index in [0.29, 0.717) is 18.0 Å². The van der Waals surface area contributed by atoms with Gasteiger partial charge >= 0.3 is 12.0 Å². The Bertz CT molecular complexity index is 446. The summed E-state index contributed by atoms with van der Waals surface area (Å²) < 4.78 is 5.05. The van der Waals surface area contributed by atoms with E-state index in [0.717, 1.165) is 6.42 Å². The summed E-state index contributed by atoms with van der Waals surface area (Å²) in [4.78, 5) is 22.3. The second-order valence-electron chi connectivity index (χ2n) is 3.60. The van der Waals surface area contributed by atoms with E-state index in [1.807, 2.05) is 6.92 Å². The van der Waals surface area contributed by atoms with E-state index in [4.69, 9.17) is 9.84 Å². The van der Waals surface area contributed by atoms with E-state index in [1.54, 1.807) is 0 Å². The van der Waals surface area contributed by atoms with Crippen molar-refractivity contribution in [2.24, 2.45) is 0 Å². The third-order valence-corrected chi connectivity index (χ3v) is 2.23. The van der Waals surface area contributed by atoms with Gasteiger partial charge in [0.25, 0.3) is 0 Å². The highest BCUT2D eigenvalue weighted by Crippen LogP contribution is 2.25. The lowest BCUT2D eigenvalue weighted by molar-refractivity contribution is 0.0697. The summed E-state index contributed by atoms with van der Waals surface area (Å²) >= 11 is 0. The van der Waals surface area contributed by atoms with Crippen LogP contribution < -0.4 is 15.4 Å². The van der Waals surface area contributed by atoms with Gasteiger partial charge in [0, 0.05) is 6.54 Å². The first-order valence-corrected chi connectivity index (χ1v) is 5.54. The number of carboxylic acid groups (broad SMARTS) is 1. The van der Waals surface area contributed by atoms with Gasteiger partial charge in [-0.05, 0) is 24.6 Å². The molecule has 0 aromatic heterocycles. The Hall–Kier alpha value is -2.24. The number of hydrogen-bond acceptors (Lipinski definition) is 3. The molecule has 2 amide bonds. The van der Waals surface area contributed by atoms with Gasteiger partial charge in [-0.1, -0.05) is 6.92 Å². The normalized spacial score (nSPS) is 9.67. The maximum absolute atomic E-state index is 11.5. The van der Waals surface area contributed by atoms with E-state index in [9.17, 15) is 9.59 Å². The molecule has 3 N–H and O–H groups in total. The Kier molecular flexibility index (Phi) is 4.98. The van der Waals surface area contributed by atoms with Crippen LogP contribution in [0.2, 0.25) is 0 Å². The Morgan fingerprint density at radius 1 is 1.39 bits per heavy atom. The lowest BCUT2D eigenvalue weighted by Gasteiger charge is -2.11. The second-order valence-corrected chi connectivity index (χ2v) is 3.60. The zero-order chi connectivity index (χ0) is 13.5. The molecule has 0 atom stereocenters. The first-order valence-electron chi connectivity index (χ1n) is 5.54. The minimum atomic E-state index is -1.06. The summed E-state index contributed by atoms with van der Waals surface area (Å²) in [5, 5.41) is 14.1. The van der Waals surface area contributed by atoms with Crippen LogP contribution in [0.3, 0.4) is 0 Å². The van der Waals surface area contributed by atoms with Gasteiger partial charge in [0.05, 0.1) is 18.4 Å². The molecule has 0 radical (unpaired) electrons. The van der Waals surface area contributed by atoms with Gasteiger partial charge in [0.2, 0.25) is 0 Å². The summed E-state index contributed by atoms with van der Waals surface area (Å²) in [5.74, 6) is -0.652. The van der Waals surface area contributed by atoms with Crippen molar-refractivity contribution in [2.45, 2.75) is 13.3 Å². The van der Waals surface area contributed by atoms with Crippen LogP contribution in [0.25, 0.3) is 0 Å². The molecular weight excluding hydrogens is 236 g/mol. The van der Waals surface area contributed by atoms with E-state index in [-0.39, 0.29) is 5.56 Å². The Balaban J connectivity index is 2.87. The van der Waals surface area contributed by atoms with Crippen LogP contribution in [0.5, 0.6) is 5.75 Å². The number of hydrogen-bond donors (Lipinski definition) is 3. The minimum Gasteiger partial charge on any atom is -0.495 e. The van der Waals surface area contributed by atoms with E-state index >= 15 is 0 Å². The molecule has 0 saturated carbocycles. The monoisotopic (exact) mass is 252 g/mol. The summed E-state index contributed by atoms with van der Waals surface area (Å²) in [6.45, 7) is 2.48. The second kappa shape index (κ2) is 6.48. The predicted octanol–water partition coefficient (Wildman–Crippen LogP) is 1.92. The molecule has 0 saturated heterocycles. The van der Waals surface area contributed by atoms with Gasteiger partial charge in [0.1, 0.15) is 5.75 Å². The molecule has 6 heteroatoms. The molecule has 0 aliphatic heterocycles. The SMILES string of the molecule is CCCNC(=O)Nc1cc(C(=O)O)ccc1OC. The van der Waals surface area contributed by atoms with E-state index < -0.39 is 12.0 Å². The number of carbonyl (C=O) groups excluding carboxylic acids is 1. The standard InChI is InChI=1S/C12H16N2O4/c1-3-6-13-12(17)14-9-7-8(11(15)16)4-5-10(9)18-2/h4-5,7H,3,6H2,1-2H3,(H,15,16)(H2,13,14,17). The molecule has 98 valence electrons. The summed E-state index contributed by atoms with van der Waals surface area (Å²) in [5.41, 5.74) is 0.410. The fraction of sp³-hybridized carbons (Fsp3) is 0.333. The fourth-order valence-electron chi connectivity index (χ4n) is 1.34. The van der Waals surface area contributed by atoms with Crippen LogP contribution in [0.15, 0.2) is 18.2 Å². The van der Waals surface area contributed by atoms with Crippen molar-refractivity contribution in [2.75, 3.05) is 19.0 Å². The first-order chi connectivity index (χ1) is 8.58. The van der Waals surface area contributed by atoms with Gasteiger partial charge in [-0.15, -0.1) is 0 Å². The number of aromatic carboxylic acids is 1. The molecule has 0 bridgehead atoms. The first kappa shape index (κ1) is 13.8. The molecule has 1 aromatic rings. The molecule has 0 spiro atoms. The van der Waals surface area contributed by atoms with Crippen molar-refractivity contribution in [3.8, 4) is 5.75 Å². The van der Waals surface area contributed by atoms with Gasteiger partial charge in [-0.3, -0.25) is 0 Å². The van der Waals surface area contributed by atoms with Crippen molar-refractivity contribution in [1.82, 2.24) is 5.32 Å². The molecule has 1 rings (SSSR count). The maximum atomic E-state index is 11.5. The zero-order valence-electron chi connectivity index (χ0n) is 10.3. The van der Waals surface area contributed by atoms with E-state index in [1.165, 1.54) is 25.3 Å². The number of carbonyl (C=O) groups is 2. The number of carboxylic acids is 1. The molecule has 0 heterocycles. The van der Waals surface area contributed by atoms with Gasteiger partial charge in [-0.25, -0.2) is 9.59 Å². The molecule has 0 fully saturated rings. The highest BCUT2D eigenvalue weighted by Gasteiger charge is 2.11. The lowest BCUT2D eigenvalue weighted by Crippen LogP contribution is -2.29. The zero-order valence-corrected chi connectivity index (χ0v) is 10.3. The lowest BCUT2D eigenvalue weighted by atomic mass is 10.2. The fourth-order valence-corrected chi connectivity index (χ4v) is 1.34. The average Bonchev–Trinajstić information content (AvgIpc) is 2.36. The quantitative estimate of drug-likeness (QED) is 0.747.